The van der Waals surface area contributed by atoms with Crippen molar-refractivity contribution in [3.8, 4) is 11.8 Å². The maximum atomic E-state index is 13.3. The highest BCUT2D eigenvalue weighted by Gasteiger charge is 2.40. The summed E-state index contributed by atoms with van der Waals surface area (Å²) in [5, 5.41) is 16.1. The molecule has 4 rings (SSSR count). The summed E-state index contributed by atoms with van der Waals surface area (Å²) in [6.07, 6.45) is -4.39. The molecule has 1 atom stereocenters. The molecule has 0 unspecified atom stereocenters. The maximum Gasteiger partial charge on any atom is 0.573 e. The van der Waals surface area contributed by atoms with E-state index in [9.17, 15) is 28.0 Å². The average molecular weight is 558 g/mol. The molecule has 1 N–H and O–H groups in total. The van der Waals surface area contributed by atoms with Crippen LogP contribution in [-0.2, 0) is 16.0 Å². The molecular formula is C27H28F3N6O4+. The molecule has 0 amide bonds. The van der Waals surface area contributed by atoms with Crippen molar-refractivity contribution in [2.75, 3.05) is 39.7 Å². The van der Waals surface area contributed by atoms with Crippen LogP contribution in [0.15, 0.2) is 58.5 Å². The number of hydrogen-bond acceptors (Lipinski definition) is 7. The molecule has 13 heteroatoms. The van der Waals surface area contributed by atoms with Crippen LogP contribution in [-0.4, -0.2) is 66.4 Å². The number of allylic oxidation sites excluding steroid dienone is 1. The minimum absolute atomic E-state index is 0.0474. The molecule has 1 aliphatic heterocycles. The number of fused-ring (bicyclic) bond motifs is 1. The van der Waals surface area contributed by atoms with Gasteiger partial charge in [-0.3, -0.25) is 4.90 Å². The van der Waals surface area contributed by atoms with Crippen molar-refractivity contribution in [1.29, 1.82) is 5.26 Å². The predicted octanol–water partition coefficient (Wildman–Crippen LogP) is 3.78. The first-order valence-corrected chi connectivity index (χ1v) is 12.2. The van der Waals surface area contributed by atoms with Gasteiger partial charge in [-0.15, -0.1) is 18.3 Å². The molecule has 0 spiro atoms. The first kappa shape index (κ1) is 28.4. The largest absolute Gasteiger partial charge is 0.573 e. The van der Waals surface area contributed by atoms with Crippen molar-refractivity contribution in [2.24, 2.45) is 0 Å². The number of anilines is 2. The number of quaternary nitrogens is 1. The lowest BCUT2D eigenvalue weighted by Crippen LogP contribution is -2.39. The summed E-state index contributed by atoms with van der Waals surface area (Å²) in [6.45, 7) is 2.28. The number of aromatic nitrogens is 3. The Bertz CT molecular complexity index is 1580. The van der Waals surface area contributed by atoms with Gasteiger partial charge in [0.25, 0.3) is 0 Å². The van der Waals surface area contributed by atoms with E-state index in [1.54, 1.807) is 25.1 Å². The predicted molar refractivity (Wildman–Crippen MR) is 139 cm³/mol. The number of rotatable bonds is 7. The Morgan fingerprint density at radius 2 is 1.93 bits per heavy atom. The fraction of sp³-hybridized carbons (Fsp3) is 0.333. The molecule has 1 aliphatic rings. The third kappa shape index (κ3) is 5.72. The van der Waals surface area contributed by atoms with Gasteiger partial charge in [-0.2, -0.15) is 5.26 Å². The van der Waals surface area contributed by atoms with Gasteiger partial charge >= 0.3 is 18.0 Å². The van der Waals surface area contributed by atoms with Crippen molar-refractivity contribution in [3.63, 3.8) is 0 Å². The van der Waals surface area contributed by atoms with Gasteiger partial charge in [0.15, 0.2) is 0 Å². The lowest BCUT2D eigenvalue weighted by atomic mass is 9.89. The fourth-order valence-electron chi connectivity index (χ4n) is 4.69. The number of esters is 1. The molecule has 0 saturated heterocycles. The van der Waals surface area contributed by atoms with Crippen LogP contribution in [0.5, 0.6) is 5.75 Å². The second-order valence-electron chi connectivity index (χ2n) is 10.3. The number of methoxy groups -OCH3 is 1. The highest BCUT2D eigenvalue weighted by molar-refractivity contribution is 5.93. The first-order chi connectivity index (χ1) is 18.7. The molecule has 210 valence electrons. The molecule has 0 fully saturated rings. The second kappa shape index (κ2) is 10.5. The smallest absolute Gasteiger partial charge is 0.466 e. The number of nitriles is 1. The average Bonchev–Trinajstić information content (AvgIpc) is 3.25. The number of likely N-dealkylation sites (N-methyl/N-ethyl adjacent to an activating group) is 1. The van der Waals surface area contributed by atoms with Crippen LogP contribution in [0.1, 0.15) is 29.7 Å². The summed E-state index contributed by atoms with van der Waals surface area (Å²) in [4.78, 5) is 27.9. The van der Waals surface area contributed by atoms with Crippen LogP contribution in [0.3, 0.4) is 0 Å². The van der Waals surface area contributed by atoms with E-state index >= 15 is 0 Å². The van der Waals surface area contributed by atoms with E-state index < -0.39 is 29.8 Å². The lowest BCUT2D eigenvalue weighted by molar-refractivity contribution is -0.870. The van der Waals surface area contributed by atoms with Crippen molar-refractivity contribution in [3.05, 3.63) is 80.9 Å². The number of hydrogen-bond donors (Lipinski definition) is 1. The highest BCUT2D eigenvalue weighted by Crippen LogP contribution is 2.43. The SMILES string of the molecule is COC(=O)C1=C(C)N(c2cccc(OC(F)(F)F)c2)c2n[nH]c(=O)n2[C@@H]1c1ccc(C#N)cc1CC[N+](C)(C)C. The molecule has 2 heterocycles. The Morgan fingerprint density at radius 3 is 2.55 bits per heavy atom. The maximum absolute atomic E-state index is 13.3. The summed E-state index contributed by atoms with van der Waals surface area (Å²) in [7, 11) is 7.26. The van der Waals surface area contributed by atoms with Gasteiger partial charge in [-0.1, -0.05) is 12.1 Å². The minimum atomic E-state index is -4.92. The van der Waals surface area contributed by atoms with Crippen molar-refractivity contribution in [1.82, 2.24) is 14.8 Å². The van der Waals surface area contributed by atoms with Crippen molar-refractivity contribution >= 4 is 17.6 Å². The number of alkyl halides is 3. The third-order valence-electron chi connectivity index (χ3n) is 6.48. The quantitative estimate of drug-likeness (QED) is 0.348. The zero-order chi connectivity index (χ0) is 29.4. The van der Waals surface area contributed by atoms with Crippen LogP contribution in [0.25, 0.3) is 0 Å². The number of nitrogens with zero attached hydrogens (tertiary/aromatic N) is 5. The molecule has 10 nitrogen and oxygen atoms in total. The Hall–Kier alpha value is -4.57. The number of aromatic amines is 1. The monoisotopic (exact) mass is 557 g/mol. The van der Waals surface area contributed by atoms with Gasteiger partial charge < -0.3 is 14.0 Å². The number of carbonyl (C=O) groups is 1. The van der Waals surface area contributed by atoms with Crippen LogP contribution in [0.2, 0.25) is 0 Å². The van der Waals surface area contributed by atoms with Gasteiger partial charge in [0.05, 0.1) is 57.7 Å². The minimum Gasteiger partial charge on any atom is -0.466 e. The zero-order valence-corrected chi connectivity index (χ0v) is 22.5. The van der Waals surface area contributed by atoms with Crippen LogP contribution in [0, 0.1) is 11.3 Å². The fourth-order valence-corrected chi connectivity index (χ4v) is 4.69. The lowest BCUT2D eigenvalue weighted by Gasteiger charge is -2.36. The van der Waals surface area contributed by atoms with E-state index in [4.69, 9.17) is 4.74 Å². The van der Waals surface area contributed by atoms with E-state index in [0.717, 1.165) is 17.7 Å². The first-order valence-electron chi connectivity index (χ1n) is 12.2. The number of halogens is 3. The molecule has 0 saturated carbocycles. The Balaban J connectivity index is 1.96. The van der Waals surface area contributed by atoms with Crippen molar-refractivity contribution < 1.29 is 31.9 Å². The van der Waals surface area contributed by atoms with Crippen LogP contribution < -0.4 is 15.3 Å². The molecular weight excluding hydrogens is 529 g/mol. The van der Waals surface area contributed by atoms with Crippen LogP contribution in [0.4, 0.5) is 24.8 Å². The van der Waals surface area contributed by atoms with Gasteiger partial charge in [0.2, 0.25) is 5.95 Å². The van der Waals surface area contributed by atoms with Crippen molar-refractivity contribution in [2.45, 2.75) is 25.7 Å². The summed E-state index contributed by atoms with van der Waals surface area (Å²) < 4.78 is 49.9. The zero-order valence-electron chi connectivity index (χ0n) is 22.5. The van der Waals surface area contributed by atoms with E-state index in [-0.39, 0.29) is 22.9 Å². The van der Waals surface area contributed by atoms with Gasteiger partial charge in [0, 0.05) is 18.2 Å². The number of ether oxygens (including phenoxy) is 2. The molecule has 2 aromatic carbocycles. The Labute approximate surface area is 228 Å². The number of carbonyl (C=O) groups excluding carboxylic acids is 1. The number of benzene rings is 2. The summed E-state index contributed by atoms with van der Waals surface area (Å²) in [5.41, 5.74) is 1.64. The van der Waals surface area contributed by atoms with E-state index in [2.05, 4.69) is 21.0 Å². The second-order valence-corrected chi connectivity index (χ2v) is 10.3. The Kier molecular flexibility index (Phi) is 7.49. The Morgan fingerprint density at radius 1 is 1.20 bits per heavy atom. The molecule has 0 bridgehead atoms. The molecule has 3 aromatic rings. The van der Waals surface area contributed by atoms with Crippen LogP contribution >= 0.6 is 0 Å². The van der Waals surface area contributed by atoms with E-state index in [1.807, 2.05) is 21.1 Å². The molecule has 40 heavy (non-hydrogen) atoms. The number of H-pyrrole nitrogens is 1. The number of nitrogens with one attached hydrogen (secondary N) is 1. The van der Waals surface area contributed by atoms with E-state index in [1.165, 1.54) is 28.7 Å². The van der Waals surface area contributed by atoms with Gasteiger partial charge in [-0.25, -0.2) is 19.3 Å². The molecule has 0 aliphatic carbocycles. The van der Waals surface area contributed by atoms with Gasteiger partial charge in [-0.05, 0) is 42.3 Å². The topological polar surface area (TPSA) is 113 Å². The highest BCUT2D eigenvalue weighted by atomic mass is 19.4. The van der Waals surface area contributed by atoms with Gasteiger partial charge in [0.1, 0.15) is 11.8 Å². The summed E-state index contributed by atoms with van der Waals surface area (Å²) >= 11 is 0. The summed E-state index contributed by atoms with van der Waals surface area (Å²) in [6, 6.07) is 11.3. The summed E-state index contributed by atoms with van der Waals surface area (Å²) in [5.74, 6) is -1.18. The molecule has 0 radical (unpaired) electrons. The standard InChI is InChI=1S/C27H27F3N6O4/c1-16-22(24(37)39-5)23(21-10-9-17(15-31)13-18(21)11-12-36(2,3)4)35-25(32-33-26(35)38)34(16)19-7-6-8-20(14-19)40-27(28,29)30/h6-10,13-14,23H,11-12H2,1-5H3/p+1/t23-/m1/s1. The molecule has 1 aromatic heterocycles. The third-order valence-corrected chi connectivity index (χ3v) is 6.48. The normalized spacial score (nSPS) is 15.5. The van der Waals surface area contributed by atoms with E-state index in [0.29, 0.717) is 28.6 Å².